The average molecular weight is 815 g/mol. The summed E-state index contributed by atoms with van der Waals surface area (Å²) in [5.74, 6) is 0.435. The quantitative estimate of drug-likeness (QED) is 0.124. The van der Waals surface area contributed by atoms with Crippen molar-refractivity contribution in [2.45, 2.75) is 77.3 Å². The van der Waals surface area contributed by atoms with Crippen LogP contribution in [0.5, 0.6) is 0 Å². The molecule has 0 saturated heterocycles. The molecule has 4 aromatic rings. The van der Waals surface area contributed by atoms with Crippen molar-refractivity contribution >= 4 is 49.2 Å². The maximum Gasteiger partial charge on any atom is 0.501 e. The number of thioether (sulfide) groups is 1. The van der Waals surface area contributed by atoms with Gasteiger partial charge in [-0.1, -0.05) is 60.2 Å². The molecule has 0 radical (unpaired) electrons. The van der Waals surface area contributed by atoms with E-state index < -0.39 is 35.2 Å². The monoisotopic (exact) mass is 814 g/mol. The first-order chi connectivity index (χ1) is 26.2. The van der Waals surface area contributed by atoms with Crippen LogP contribution in [0.15, 0.2) is 105 Å². The average Bonchev–Trinajstić information content (AvgIpc) is 3.16. The van der Waals surface area contributed by atoms with Crippen LogP contribution >= 0.6 is 11.8 Å². The molecule has 10 nitrogen and oxygen atoms in total. The number of alkyl halides is 3. The number of benzene rings is 3. The molecule has 6 rings (SSSR count). The van der Waals surface area contributed by atoms with Crippen LogP contribution in [0.25, 0.3) is 6.08 Å². The molecule has 2 N–H and O–H groups in total. The number of nitrogens with one attached hydrogen (secondary N) is 2. The van der Waals surface area contributed by atoms with Gasteiger partial charge in [0.05, 0.1) is 10.6 Å². The highest BCUT2D eigenvalue weighted by Gasteiger charge is 2.49. The number of rotatable bonds is 14. The number of hydrogen-bond acceptors (Lipinski definition) is 10. The number of sulfone groups is 1. The number of anilines is 2. The van der Waals surface area contributed by atoms with Gasteiger partial charge in [0.15, 0.2) is 0 Å². The topological polar surface area (TPSA) is 125 Å². The fraction of sp³-hybridized carbons (Fsp3) is 0.385. The third-order valence-electron chi connectivity index (χ3n) is 9.87. The van der Waals surface area contributed by atoms with E-state index in [1.165, 1.54) is 35.3 Å². The van der Waals surface area contributed by atoms with E-state index in [4.69, 9.17) is 0 Å². The Balaban J connectivity index is 1.21. The minimum absolute atomic E-state index is 0.0455. The summed E-state index contributed by atoms with van der Waals surface area (Å²) in [5.41, 5.74) is -1.98. The van der Waals surface area contributed by atoms with Gasteiger partial charge in [-0.15, -0.1) is 11.8 Å². The van der Waals surface area contributed by atoms with Crippen LogP contribution in [0.1, 0.15) is 48.9 Å². The van der Waals surface area contributed by atoms with E-state index >= 15 is 0 Å². The van der Waals surface area contributed by atoms with E-state index in [-0.39, 0.29) is 17.5 Å². The fourth-order valence-corrected chi connectivity index (χ4v) is 10.6. The van der Waals surface area contributed by atoms with Crippen molar-refractivity contribution in [2.24, 2.45) is 0 Å². The lowest BCUT2D eigenvalue weighted by Crippen LogP contribution is -2.41. The molecule has 1 unspecified atom stereocenters. The molecule has 294 valence electrons. The van der Waals surface area contributed by atoms with E-state index in [1.807, 2.05) is 67.5 Å². The van der Waals surface area contributed by atoms with E-state index in [0.29, 0.717) is 55.5 Å². The number of nitrogens with zero attached hydrogens (tertiary/aromatic N) is 4. The van der Waals surface area contributed by atoms with Gasteiger partial charge in [-0.3, -0.25) is 9.62 Å². The number of aromatic nitrogens is 2. The minimum atomic E-state index is -6.10. The highest BCUT2D eigenvalue weighted by atomic mass is 32.2. The Morgan fingerprint density at radius 2 is 1.62 bits per heavy atom. The van der Waals surface area contributed by atoms with Gasteiger partial charge in [-0.05, 0) is 95.1 Å². The van der Waals surface area contributed by atoms with Crippen molar-refractivity contribution in [2.75, 3.05) is 43.0 Å². The van der Waals surface area contributed by atoms with E-state index in [2.05, 4.69) is 43.1 Å². The predicted octanol–water partition coefficient (Wildman–Crippen LogP) is 7.48. The summed E-state index contributed by atoms with van der Waals surface area (Å²) >= 11 is 1.54. The van der Waals surface area contributed by atoms with Gasteiger partial charge in [0.25, 0.3) is 19.9 Å². The molecule has 1 aliphatic heterocycles. The van der Waals surface area contributed by atoms with Crippen LogP contribution in [0.4, 0.5) is 24.7 Å². The van der Waals surface area contributed by atoms with Crippen LogP contribution in [-0.2, 0) is 32.8 Å². The zero-order valence-electron chi connectivity index (χ0n) is 30.7. The predicted molar refractivity (Wildman–Crippen MR) is 211 cm³/mol. The molecule has 1 atom stereocenters. The highest BCUT2D eigenvalue weighted by molar-refractivity contribution is 7.99. The van der Waals surface area contributed by atoms with Crippen molar-refractivity contribution in [3.63, 3.8) is 0 Å². The Morgan fingerprint density at radius 3 is 2.29 bits per heavy atom. The number of hydrogen-bond donors (Lipinski definition) is 2. The molecule has 3 aromatic carbocycles. The first-order valence-corrected chi connectivity index (χ1v) is 22.0. The molecule has 0 spiro atoms. The maximum absolute atomic E-state index is 14.1. The molecule has 55 heavy (non-hydrogen) atoms. The first-order valence-electron chi connectivity index (χ1n) is 18.1. The Morgan fingerprint density at radius 1 is 0.927 bits per heavy atom. The molecule has 1 saturated carbocycles. The van der Waals surface area contributed by atoms with Crippen LogP contribution in [0, 0.1) is 0 Å². The zero-order chi connectivity index (χ0) is 39.2. The summed E-state index contributed by atoms with van der Waals surface area (Å²) in [6, 6.07) is 22.8. The molecule has 1 aliphatic carbocycles. The van der Waals surface area contributed by atoms with Crippen LogP contribution in [0.3, 0.4) is 0 Å². The third kappa shape index (κ3) is 10.3. The van der Waals surface area contributed by atoms with Gasteiger partial charge in [0, 0.05) is 47.1 Å². The van der Waals surface area contributed by atoms with Gasteiger partial charge in [-0.25, -0.2) is 26.8 Å². The van der Waals surface area contributed by atoms with E-state index in [0.717, 1.165) is 42.7 Å². The third-order valence-corrected chi connectivity index (χ3v) is 14.1. The molecule has 2 heterocycles. The fourth-order valence-electron chi connectivity index (χ4n) is 6.94. The number of sulfonamides is 1. The lowest BCUT2D eigenvalue weighted by atomic mass is 9.87. The Bertz CT molecular complexity index is 2180. The van der Waals surface area contributed by atoms with Crippen molar-refractivity contribution in [1.29, 1.82) is 0 Å². The van der Waals surface area contributed by atoms with Gasteiger partial charge in [-0.2, -0.15) is 13.2 Å². The molecule has 1 aromatic heterocycles. The summed E-state index contributed by atoms with van der Waals surface area (Å²) in [6.45, 7) is 1.72. The molecule has 0 amide bonds. The summed E-state index contributed by atoms with van der Waals surface area (Å²) in [5, 5.41) is 3.16. The van der Waals surface area contributed by atoms with Crippen molar-refractivity contribution in [3.8, 4) is 0 Å². The van der Waals surface area contributed by atoms with E-state index in [9.17, 15) is 30.0 Å². The lowest BCUT2D eigenvalue weighted by Gasteiger charge is -2.38. The van der Waals surface area contributed by atoms with Gasteiger partial charge in [0.2, 0.25) is 0 Å². The second-order valence-electron chi connectivity index (χ2n) is 14.1. The Kier molecular flexibility index (Phi) is 12.9. The Hall–Kier alpha value is -3.96. The maximum atomic E-state index is 14.1. The SMILES string of the molecule is CN(C)CCC(CSc1ccccc1)Nc1ccc(S(=O)(=O)Nc2ncnc3c2CCN(C2CCC(=Cc4ccccc4)CC2)C3)c(S(=O)(=O)C(F)(F)F)c1. The van der Waals surface area contributed by atoms with Crippen LogP contribution in [0.2, 0.25) is 0 Å². The summed E-state index contributed by atoms with van der Waals surface area (Å²) in [6.07, 6.45) is 8.34. The molecule has 1 fully saturated rings. The second kappa shape index (κ2) is 17.5. The first kappa shape index (κ1) is 40.7. The lowest BCUT2D eigenvalue weighted by molar-refractivity contribution is -0.0437. The molecule has 2 aliphatic rings. The normalized spacial score (nSPS) is 17.4. The highest BCUT2D eigenvalue weighted by Crippen LogP contribution is 2.38. The molecular formula is C39H45F3N6O4S3. The molecule has 0 bridgehead atoms. The summed E-state index contributed by atoms with van der Waals surface area (Å²) in [4.78, 5) is 11.5. The minimum Gasteiger partial charge on any atom is -0.381 e. The smallest absolute Gasteiger partial charge is 0.381 e. The number of fused-ring (bicyclic) bond motifs is 1. The zero-order valence-corrected chi connectivity index (χ0v) is 33.1. The van der Waals surface area contributed by atoms with Crippen LogP contribution < -0.4 is 10.0 Å². The standard InChI is InChI=1S/C39H45F3N6O4S3/c1-47(2)21-19-31(26-53-33-11-7-4-8-12-33)45-30-15-18-36(37(24-30)54(49,50)39(40,41)42)55(51,52)46-38-34-20-22-48(25-35(34)43-27-44-38)32-16-13-29(14-17-32)23-28-9-5-3-6-10-28/h3-12,15,18,23-24,27,31-32,45H,13-14,16-17,19-22,25-26H2,1-2H3,(H,43,44,46). The van der Waals surface area contributed by atoms with E-state index in [1.54, 1.807) is 0 Å². The van der Waals surface area contributed by atoms with Gasteiger partial charge < -0.3 is 10.2 Å². The molecular weight excluding hydrogens is 770 g/mol. The van der Waals surface area contributed by atoms with Gasteiger partial charge in [0.1, 0.15) is 17.0 Å². The van der Waals surface area contributed by atoms with Gasteiger partial charge >= 0.3 is 5.51 Å². The molecule has 16 heteroatoms. The number of halogens is 3. The van der Waals surface area contributed by atoms with Crippen LogP contribution in [-0.4, -0.2) is 87.1 Å². The number of allylic oxidation sites excluding steroid dienone is 1. The largest absolute Gasteiger partial charge is 0.501 e. The van der Waals surface area contributed by atoms with Crippen molar-refractivity contribution in [1.82, 2.24) is 19.8 Å². The second-order valence-corrected chi connectivity index (χ2v) is 18.7. The Labute approximate surface area is 325 Å². The van der Waals surface area contributed by atoms with Crippen molar-refractivity contribution < 1.29 is 30.0 Å². The summed E-state index contributed by atoms with van der Waals surface area (Å²) < 4.78 is 98.3. The summed E-state index contributed by atoms with van der Waals surface area (Å²) in [7, 11) is -7.19. The van der Waals surface area contributed by atoms with Crippen molar-refractivity contribution in [3.05, 3.63) is 108 Å².